The van der Waals surface area contributed by atoms with E-state index < -0.39 is 11.6 Å². The highest BCUT2D eigenvalue weighted by Gasteiger charge is 2.60. The number of imide groups is 1. The van der Waals surface area contributed by atoms with Crippen molar-refractivity contribution in [2.75, 3.05) is 26.2 Å². The molecule has 3 aliphatic heterocycles. The normalized spacial score (nSPS) is 24.8. The molecule has 0 unspecified atom stereocenters. The number of carbonyl (C=O) groups excluding carboxylic acids is 2. The van der Waals surface area contributed by atoms with Crippen LogP contribution in [-0.2, 0) is 11.2 Å². The van der Waals surface area contributed by atoms with Crippen molar-refractivity contribution in [3.05, 3.63) is 63.8 Å². The van der Waals surface area contributed by atoms with Gasteiger partial charge in [0.25, 0.3) is 5.91 Å². The lowest BCUT2D eigenvalue weighted by Crippen LogP contribution is -2.53. The van der Waals surface area contributed by atoms with Crippen molar-refractivity contribution in [1.82, 2.24) is 19.7 Å². The monoisotopic (exact) mass is 550 g/mol. The first-order chi connectivity index (χ1) is 17.4. The molecule has 8 heteroatoms. The van der Waals surface area contributed by atoms with Crippen molar-refractivity contribution in [1.29, 1.82) is 0 Å². The number of urea groups is 1. The summed E-state index contributed by atoms with van der Waals surface area (Å²) in [6.07, 6.45) is 5.28. The summed E-state index contributed by atoms with van der Waals surface area (Å²) in [5.41, 5.74) is 2.70. The molecule has 2 fully saturated rings. The highest BCUT2D eigenvalue weighted by Crippen LogP contribution is 2.49. The van der Waals surface area contributed by atoms with Crippen LogP contribution in [0.25, 0.3) is 10.9 Å². The lowest BCUT2D eigenvalue weighted by molar-refractivity contribution is -0.133. The second kappa shape index (κ2) is 8.92. The van der Waals surface area contributed by atoms with E-state index in [0.717, 1.165) is 45.3 Å². The van der Waals surface area contributed by atoms with Gasteiger partial charge >= 0.3 is 6.03 Å². The lowest BCUT2D eigenvalue weighted by Gasteiger charge is -2.42. The van der Waals surface area contributed by atoms with Crippen LogP contribution in [0, 0.1) is 0 Å². The number of hydrogen-bond donors (Lipinski definition) is 2. The second-order valence-electron chi connectivity index (χ2n) is 10.5. The Labute approximate surface area is 219 Å². The summed E-state index contributed by atoms with van der Waals surface area (Å²) in [5.74, 6) is -0.00125. The van der Waals surface area contributed by atoms with Gasteiger partial charge in [-0.2, -0.15) is 0 Å². The number of likely N-dealkylation sites (tertiary alicyclic amines) is 1. The largest absolute Gasteiger partial charge is 0.508 e. The van der Waals surface area contributed by atoms with E-state index in [9.17, 15) is 14.7 Å². The van der Waals surface area contributed by atoms with Crippen molar-refractivity contribution in [3.8, 4) is 5.75 Å². The third kappa shape index (κ3) is 3.73. The maximum absolute atomic E-state index is 14.0. The van der Waals surface area contributed by atoms with Gasteiger partial charge in [-0.15, -0.1) is 0 Å². The van der Waals surface area contributed by atoms with Crippen LogP contribution in [0.2, 0.25) is 0 Å². The summed E-state index contributed by atoms with van der Waals surface area (Å²) in [6.45, 7) is 5.05. The number of nitrogens with one attached hydrogen (secondary N) is 1. The number of aromatic nitrogens is 1. The van der Waals surface area contributed by atoms with Crippen LogP contribution in [-0.4, -0.2) is 68.4 Å². The van der Waals surface area contributed by atoms with Crippen LogP contribution in [0.4, 0.5) is 4.79 Å². The van der Waals surface area contributed by atoms with Crippen molar-refractivity contribution in [2.24, 2.45) is 0 Å². The first-order valence-corrected chi connectivity index (χ1v) is 13.6. The van der Waals surface area contributed by atoms with E-state index in [1.807, 2.05) is 25.1 Å². The number of rotatable bonds is 4. The summed E-state index contributed by atoms with van der Waals surface area (Å²) in [6, 6.07) is 12.3. The SMILES string of the molecule is C[C@@]12Cc3c([nH]c4ccc(Br)cc34)[C@@H](c3cccc(O)c3)N1C(=O)N(CCN1CCCCCC1)C2=O. The Hall–Kier alpha value is -2.84. The molecule has 4 heterocycles. The summed E-state index contributed by atoms with van der Waals surface area (Å²) in [5, 5.41) is 11.3. The van der Waals surface area contributed by atoms with Gasteiger partial charge in [-0.1, -0.05) is 40.9 Å². The zero-order valence-electron chi connectivity index (χ0n) is 20.5. The molecule has 0 bridgehead atoms. The van der Waals surface area contributed by atoms with Crippen molar-refractivity contribution in [2.45, 2.75) is 50.6 Å². The molecule has 2 aromatic carbocycles. The van der Waals surface area contributed by atoms with Crippen LogP contribution >= 0.6 is 15.9 Å². The molecule has 2 saturated heterocycles. The molecule has 6 rings (SSSR count). The van der Waals surface area contributed by atoms with Crippen LogP contribution in [0.3, 0.4) is 0 Å². The molecule has 188 valence electrons. The molecule has 3 aromatic rings. The van der Waals surface area contributed by atoms with Gasteiger partial charge in [0.2, 0.25) is 0 Å². The quantitative estimate of drug-likeness (QED) is 0.438. The molecule has 0 radical (unpaired) electrons. The van der Waals surface area contributed by atoms with Crippen molar-refractivity contribution in [3.63, 3.8) is 0 Å². The number of aromatic amines is 1. The number of fused-ring (bicyclic) bond motifs is 4. The Morgan fingerprint density at radius 3 is 2.58 bits per heavy atom. The molecule has 0 saturated carbocycles. The average molecular weight is 551 g/mol. The van der Waals surface area contributed by atoms with Gasteiger partial charge in [0.05, 0.1) is 0 Å². The van der Waals surface area contributed by atoms with Crippen LogP contribution in [0.15, 0.2) is 46.9 Å². The highest BCUT2D eigenvalue weighted by atomic mass is 79.9. The standard InChI is InChI=1S/C28H31BrN4O3/c1-28-17-22-21-16-19(29)9-10-23(21)30-24(22)25(18-7-6-8-20(34)15-18)33(28)27(36)32(26(28)35)14-13-31-11-4-2-3-5-12-31/h6-10,15-16,25,30,34H,2-5,11-14,17H2,1H3/t25-,28+/m1/s1. The van der Waals surface area contributed by atoms with Crippen LogP contribution < -0.4 is 0 Å². The Kier molecular flexibility index (Phi) is 5.84. The predicted molar refractivity (Wildman–Crippen MR) is 142 cm³/mol. The predicted octanol–water partition coefficient (Wildman–Crippen LogP) is 5.18. The average Bonchev–Trinajstić information content (AvgIpc) is 3.12. The van der Waals surface area contributed by atoms with Gasteiger partial charge in [-0.25, -0.2) is 4.79 Å². The zero-order valence-corrected chi connectivity index (χ0v) is 22.1. The number of amides is 3. The zero-order chi connectivity index (χ0) is 25.0. The van der Waals surface area contributed by atoms with E-state index in [-0.39, 0.29) is 17.7 Å². The van der Waals surface area contributed by atoms with E-state index >= 15 is 0 Å². The highest BCUT2D eigenvalue weighted by molar-refractivity contribution is 9.10. The maximum Gasteiger partial charge on any atom is 0.328 e. The summed E-state index contributed by atoms with van der Waals surface area (Å²) in [4.78, 5) is 37.1. The number of aromatic hydroxyl groups is 1. The van der Waals surface area contributed by atoms with E-state index in [0.29, 0.717) is 19.5 Å². The Bertz CT molecular complexity index is 1350. The Morgan fingerprint density at radius 1 is 1.06 bits per heavy atom. The fourth-order valence-corrected chi connectivity index (χ4v) is 6.69. The van der Waals surface area contributed by atoms with Gasteiger partial charge < -0.3 is 15.0 Å². The van der Waals surface area contributed by atoms with Gasteiger partial charge in [-0.3, -0.25) is 14.6 Å². The fourth-order valence-electron chi connectivity index (χ4n) is 6.32. The number of hydrogen-bond acceptors (Lipinski definition) is 4. The number of benzene rings is 2. The molecule has 3 amide bonds. The molecule has 2 N–H and O–H groups in total. The van der Waals surface area contributed by atoms with Crippen LogP contribution in [0.1, 0.15) is 55.5 Å². The minimum absolute atomic E-state index is 0.135. The molecule has 0 aliphatic carbocycles. The molecule has 3 aliphatic rings. The first-order valence-electron chi connectivity index (χ1n) is 12.8. The topological polar surface area (TPSA) is 79.9 Å². The van der Waals surface area contributed by atoms with E-state index in [2.05, 4.69) is 31.9 Å². The summed E-state index contributed by atoms with van der Waals surface area (Å²) < 4.78 is 0.964. The summed E-state index contributed by atoms with van der Waals surface area (Å²) in [7, 11) is 0. The van der Waals surface area contributed by atoms with Crippen molar-refractivity contribution >= 4 is 38.8 Å². The number of phenols is 1. The third-order valence-corrected chi connectivity index (χ3v) is 8.65. The van der Waals surface area contributed by atoms with E-state index in [1.165, 1.54) is 30.6 Å². The van der Waals surface area contributed by atoms with Gasteiger partial charge in [0.15, 0.2) is 0 Å². The summed E-state index contributed by atoms with van der Waals surface area (Å²) >= 11 is 3.59. The number of nitrogens with zero attached hydrogens (tertiary/aromatic N) is 3. The lowest BCUT2D eigenvalue weighted by atomic mass is 9.81. The van der Waals surface area contributed by atoms with Gasteiger partial charge in [-0.05, 0) is 74.3 Å². The number of carbonyl (C=O) groups is 2. The number of phenolic OH excluding ortho intramolecular Hbond substituents is 1. The van der Waals surface area contributed by atoms with Crippen molar-refractivity contribution < 1.29 is 14.7 Å². The Morgan fingerprint density at radius 2 is 1.83 bits per heavy atom. The molecule has 2 atom stereocenters. The maximum atomic E-state index is 14.0. The molecule has 7 nitrogen and oxygen atoms in total. The molecule has 36 heavy (non-hydrogen) atoms. The van der Waals surface area contributed by atoms with Gasteiger partial charge in [0, 0.05) is 40.6 Å². The number of H-pyrrole nitrogens is 1. The Balaban J connectivity index is 1.42. The van der Waals surface area contributed by atoms with E-state index in [1.54, 1.807) is 23.1 Å². The molecular weight excluding hydrogens is 520 g/mol. The third-order valence-electron chi connectivity index (χ3n) is 8.15. The number of halogens is 1. The minimum Gasteiger partial charge on any atom is -0.508 e. The van der Waals surface area contributed by atoms with Gasteiger partial charge in [0.1, 0.15) is 17.3 Å². The second-order valence-corrected chi connectivity index (χ2v) is 11.4. The minimum atomic E-state index is -1.00. The fraction of sp³-hybridized carbons (Fsp3) is 0.429. The smallest absolute Gasteiger partial charge is 0.328 e. The molecular formula is C28H31BrN4O3. The first kappa shape index (κ1) is 23.6. The molecule has 1 aromatic heterocycles. The molecule has 0 spiro atoms. The van der Waals surface area contributed by atoms with Crippen LogP contribution in [0.5, 0.6) is 5.75 Å². The van der Waals surface area contributed by atoms with E-state index in [4.69, 9.17) is 0 Å².